The highest BCUT2D eigenvalue weighted by Crippen LogP contribution is 1.99. The van der Waals surface area contributed by atoms with Gasteiger partial charge in [-0.05, 0) is 19.9 Å². The Kier molecular flexibility index (Phi) is 6.27. The third kappa shape index (κ3) is 4.86. The molecule has 0 aliphatic carbocycles. The van der Waals surface area contributed by atoms with Crippen molar-refractivity contribution < 1.29 is 14.4 Å². The van der Waals surface area contributed by atoms with E-state index >= 15 is 0 Å². The Hall–Kier alpha value is -1.63. The lowest BCUT2D eigenvalue weighted by Crippen LogP contribution is -2.47. The van der Waals surface area contributed by atoms with Crippen LogP contribution >= 0.6 is 0 Å². The van der Waals surface area contributed by atoms with Crippen molar-refractivity contribution in [3.8, 4) is 0 Å². The molecule has 0 aromatic heterocycles. The summed E-state index contributed by atoms with van der Waals surface area (Å²) in [5.41, 5.74) is 0. The molecule has 0 aromatic rings. The number of nitrogens with one attached hydrogen (secondary N) is 2. The molecule has 3 amide bonds. The van der Waals surface area contributed by atoms with E-state index in [1.165, 1.54) is 11.9 Å². The summed E-state index contributed by atoms with van der Waals surface area (Å²) in [6.07, 6.45) is 0.832. The lowest BCUT2D eigenvalue weighted by atomic mass is 10.3. The van der Waals surface area contributed by atoms with Gasteiger partial charge in [0.2, 0.25) is 5.91 Å². The summed E-state index contributed by atoms with van der Waals surface area (Å²) in [6.45, 7) is 4.87. The molecule has 2 N–H and O–H groups in total. The average molecular weight is 270 g/mol. The van der Waals surface area contributed by atoms with Crippen LogP contribution in [0.15, 0.2) is 0 Å². The molecule has 0 bridgehead atoms. The van der Waals surface area contributed by atoms with Crippen LogP contribution in [-0.4, -0.2) is 73.8 Å². The van der Waals surface area contributed by atoms with Crippen molar-refractivity contribution in [3.05, 3.63) is 0 Å². The number of rotatable bonds is 3. The van der Waals surface area contributed by atoms with Crippen LogP contribution in [0.1, 0.15) is 13.3 Å². The number of nitrogens with zero attached hydrogens (tertiary/aromatic N) is 2. The predicted molar refractivity (Wildman–Crippen MR) is 70.4 cm³/mol. The second kappa shape index (κ2) is 7.73. The molecule has 1 fully saturated rings. The van der Waals surface area contributed by atoms with Crippen molar-refractivity contribution in [3.63, 3.8) is 0 Å². The zero-order valence-electron chi connectivity index (χ0n) is 11.6. The second-order valence-electron chi connectivity index (χ2n) is 4.51. The molecule has 7 nitrogen and oxygen atoms in total. The van der Waals surface area contributed by atoms with E-state index in [1.54, 1.807) is 6.92 Å². The molecule has 1 aliphatic rings. The Morgan fingerprint density at radius 1 is 1.26 bits per heavy atom. The lowest BCUT2D eigenvalue weighted by Gasteiger charge is -2.22. The largest absolute Gasteiger partial charge is 0.355 e. The minimum absolute atomic E-state index is 0.0928. The molecular formula is C12H22N4O3. The molecule has 19 heavy (non-hydrogen) atoms. The summed E-state index contributed by atoms with van der Waals surface area (Å²) in [6, 6.07) is 0. The molecular weight excluding hydrogens is 248 g/mol. The summed E-state index contributed by atoms with van der Waals surface area (Å²) >= 11 is 0. The molecule has 108 valence electrons. The topological polar surface area (TPSA) is 81.8 Å². The standard InChI is InChI=1S/C12H22N4O3/c1-3-14-10(17)9-15(2)11(18)12(19)16-7-4-5-13-6-8-16/h13H,3-9H2,1-2H3,(H,14,17). The first kappa shape index (κ1) is 15.4. The van der Waals surface area contributed by atoms with E-state index in [1.807, 2.05) is 0 Å². The van der Waals surface area contributed by atoms with E-state index in [9.17, 15) is 14.4 Å². The number of carbonyl (C=O) groups is 3. The Morgan fingerprint density at radius 3 is 2.68 bits per heavy atom. The van der Waals surface area contributed by atoms with Gasteiger partial charge in [0.1, 0.15) is 0 Å². The molecule has 1 rings (SSSR count). The van der Waals surface area contributed by atoms with Crippen LogP contribution in [-0.2, 0) is 14.4 Å². The van der Waals surface area contributed by atoms with Gasteiger partial charge in [0.15, 0.2) is 0 Å². The van der Waals surface area contributed by atoms with Crippen LogP contribution in [0.5, 0.6) is 0 Å². The smallest absolute Gasteiger partial charge is 0.312 e. The van der Waals surface area contributed by atoms with Crippen molar-refractivity contribution in [1.82, 2.24) is 20.4 Å². The third-order valence-corrected chi connectivity index (χ3v) is 2.91. The van der Waals surface area contributed by atoms with Crippen molar-refractivity contribution in [1.29, 1.82) is 0 Å². The van der Waals surface area contributed by atoms with Crippen LogP contribution in [0.2, 0.25) is 0 Å². The predicted octanol–water partition coefficient (Wildman–Crippen LogP) is -1.60. The Morgan fingerprint density at radius 2 is 2.00 bits per heavy atom. The van der Waals surface area contributed by atoms with E-state index in [4.69, 9.17) is 0 Å². The van der Waals surface area contributed by atoms with Crippen LogP contribution in [0, 0.1) is 0 Å². The van der Waals surface area contributed by atoms with Gasteiger partial charge < -0.3 is 20.4 Å². The van der Waals surface area contributed by atoms with Crippen LogP contribution in [0.25, 0.3) is 0 Å². The van der Waals surface area contributed by atoms with Crippen molar-refractivity contribution in [2.45, 2.75) is 13.3 Å². The second-order valence-corrected chi connectivity index (χ2v) is 4.51. The van der Waals surface area contributed by atoms with Gasteiger partial charge in [0.25, 0.3) is 0 Å². The molecule has 1 saturated heterocycles. The zero-order chi connectivity index (χ0) is 14.3. The molecule has 0 radical (unpaired) electrons. The highest BCUT2D eigenvalue weighted by atomic mass is 16.2. The minimum atomic E-state index is -0.631. The fourth-order valence-electron chi connectivity index (χ4n) is 1.89. The third-order valence-electron chi connectivity index (χ3n) is 2.91. The number of hydrogen-bond acceptors (Lipinski definition) is 4. The normalized spacial score (nSPS) is 15.6. The van der Waals surface area contributed by atoms with E-state index in [0.29, 0.717) is 26.2 Å². The summed E-state index contributed by atoms with van der Waals surface area (Å²) < 4.78 is 0. The van der Waals surface area contributed by atoms with E-state index in [2.05, 4.69) is 10.6 Å². The van der Waals surface area contributed by atoms with Gasteiger partial charge in [-0.25, -0.2) is 0 Å². The Labute approximate surface area is 113 Å². The van der Waals surface area contributed by atoms with Gasteiger partial charge in [0, 0.05) is 33.2 Å². The number of hydrogen-bond donors (Lipinski definition) is 2. The zero-order valence-corrected chi connectivity index (χ0v) is 11.6. The lowest BCUT2D eigenvalue weighted by molar-refractivity contribution is -0.151. The highest BCUT2D eigenvalue weighted by molar-refractivity contribution is 6.35. The molecule has 0 saturated carbocycles. The molecule has 0 unspecified atom stereocenters. The fourth-order valence-corrected chi connectivity index (χ4v) is 1.89. The quantitative estimate of drug-likeness (QED) is 0.605. The number of amides is 3. The first-order valence-corrected chi connectivity index (χ1v) is 6.58. The van der Waals surface area contributed by atoms with E-state index in [0.717, 1.165) is 17.9 Å². The fraction of sp³-hybridized carbons (Fsp3) is 0.750. The van der Waals surface area contributed by atoms with Gasteiger partial charge in [-0.3, -0.25) is 14.4 Å². The Balaban J connectivity index is 2.50. The maximum atomic E-state index is 12.0. The van der Waals surface area contributed by atoms with Gasteiger partial charge in [-0.15, -0.1) is 0 Å². The van der Waals surface area contributed by atoms with Crippen molar-refractivity contribution >= 4 is 17.7 Å². The monoisotopic (exact) mass is 270 g/mol. The summed E-state index contributed by atoms with van der Waals surface area (Å²) in [5.74, 6) is -1.42. The van der Waals surface area contributed by atoms with E-state index in [-0.39, 0.29) is 12.5 Å². The Bertz CT molecular complexity index is 338. The maximum absolute atomic E-state index is 12.0. The minimum Gasteiger partial charge on any atom is -0.355 e. The van der Waals surface area contributed by atoms with Crippen LogP contribution in [0.3, 0.4) is 0 Å². The molecule has 1 heterocycles. The summed E-state index contributed by atoms with van der Waals surface area (Å²) in [5, 5.41) is 5.76. The van der Waals surface area contributed by atoms with Gasteiger partial charge in [-0.1, -0.05) is 0 Å². The summed E-state index contributed by atoms with van der Waals surface area (Å²) in [7, 11) is 1.46. The van der Waals surface area contributed by atoms with Gasteiger partial charge in [0.05, 0.1) is 6.54 Å². The molecule has 1 aliphatic heterocycles. The van der Waals surface area contributed by atoms with Gasteiger partial charge >= 0.3 is 11.8 Å². The van der Waals surface area contributed by atoms with Crippen LogP contribution < -0.4 is 10.6 Å². The first-order valence-electron chi connectivity index (χ1n) is 6.58. The SMILES string of the molecule is CCNC(=O)CN(C)C(=O)C(=O)N1CCCNCC1. The molecule has 0 spiro atoms. The van der Waals surface area contributed by atoms with E-state index < -0.39 is 11.8 Å². The first-order chi connectivity index (χ1) is 9.06. The van der Waals surface area contributed by atoms with Gasteiger partial charge in [-0.2, -0.15) is 0 Å². The van der Waals surface area contributed by atoms with Crippen LogP contribution in [0.4, 0.5) is 0 Å². The van der Waals surface area contributed by atoms with Crippen molar-refractivity contribution in [2.75, 3.05) is 46.3 Å². The average Bonchev–Trinajstić information content (AvgIpc) is 2.66. The number of carbonyl (C=O) groups excluding carboxylic acids is 3. The maximum Gasteiger partial charge on any atom is 0.312 e. The molecule has 0 atom stereocenters. The molecule has 7 heteroatoms. The summed E-state index contributed by atoms with van der Waals surface area (Å²) in [4.78, 5) is 38.0. The molecule has 0 aromatic carbocycles. The number of likely N-dealkylation sites (N-methyl/N-ethyl adjacent to an activating group) is 2. The van der Waals surface area contributed by atoms with Crippen molar-refractivity contribution in [2.24, 2.45) is 0 Å². The highest BCUT2D eigenvalue weighted by Gasteiger charge is 2.26.